The van der Waals surface area contributed by atoms with E-state index in [2.05, 4.69) is 4.74 Å². The number of hydrogen-bond acceptors (Lipinski definition) is 5. The minimum absolute atomic E-state index is 0.151. The van der Waals surface area contributed by atoms with E-state index in [1.807, 2.05) is 0 Å². The molecule has 0 saturated heterocycles. The SMILES string of the molecule is CCOC(=O)CC(=O)C1C(=O)c2ccc(C)cc2C1=O. The zero-order valence-electron chi connectivity index (χ0n) is 11.3. The smallest absolute Gasteiger partial charge is 0.313 e. The number of esters is 1. The zero-order valence-corrected chi connectivity index (χ0v) is 11.3. The van der Waals surface area contributed by atoms with Gasteiger partial charge in [0.2, 0.25) is 0 Å². The minimum Gasteiger partial charge on any atom is -0.466 e. The van der Waals surface area contributed by atoms with E-state index >= 15 is 0 Å². The van der Waals surface area contributed by atoms with Crippen LogP contribution in [0.5, 0.6) is 0 Å². The van der Waals surface area contributed by atoms with E-state index in [4.69, 9.17) is 0 Å². The number of hydrogen-bond donors (Lipinski definition) is 0. The van der Waals surface area contributed by atoms with Crippen molar-refractivity contribution in [2.75, 3.05) is 6.61 Å². The van der Waals surface area contributed by atoms with Gasteiger partial charge in [-0.3, -0.25) is 19.2 Å². The largest absolute Gasteiger partial charge is 0.466 e. The Balaban J connectivity index is 2.24. The number of benzene rings is 1. The van der Waals surface area contributed by atoms with Gasteiger partial charge < -0.3 is 4.74 Å². The summed E-state index contributed by atoms with van der Waals surface area (Å²) in [4.78, 5) is 47.5. The monoisotopic (exact) mass is 274 g/mol. The minimum atomic E-state index is -1.39. The van der Waals surface area contributed by atoms with E-state index in [1.54, 1.807) is 32.0 Å². The van der Waals surface area contributed by atoms with Crippen LogP contribution in [0.15, 0.2) is 18.2 Å². The molecular weight excluding hydrogens is 260 g/mol. The molecule has 20 heavy (non-hydrogen) atoms. The van der Waals surface area contributed by atoms with Crippen LogP contribution in [0, 0.1) is 12.8 Å². The van der Waals surface area contributed by atoms with Crippen molar-refractivity contribution in [3.63, 3.8) is 0 Å². The van der Waals surface area contributed by atoms with Crippen molar-refractivity contribution in [3.8, 4) is 0 Å². The average Bonchev–Trinajstić information content (AvgIpc) is 2.61. The molecule has 1 aliphatic carbocycles. The maximum atomic E-state index is 12.1. The molecule has 104 valence electrons. The van der Waals surface area contributed by atoms with Crippen molar-refractivity contribution in [1.29, 1.82) is 0 Å². The molecule has 0 aromatic heterocycles. The molecule has 1 aromatic carbocycles. The molecule has 5 heteroatoms. The predicted octanol–water partition coefficient (Wildman–Crippen LogP) is 1.51. The summed E-state index contributed by atoms with van der Waals surface area (Å²) in [6.45, 7) is 3.57. The number of ketones is 3. The fraction of sp³-hybridized carbons (Fsp3) is 0.333. The van der Waals surface area contributed by atoms with Crippen molar-refractivity contribution in [1.82, 2.24) is 0 Å². The first-order valence-corrected chi connectivity index (χ1v) is 6.33. The average molecular weight is 274 g/mol. The number of rotatable bonds is 4. The maximum Gasteiger partial charge on any atom is 0.313 e. The molecule has 5 nitrogen and oxygen atoms in total. The highest BCUT2D eigenvalue weighted by molar-refractivity contribution is 6.36. The summed E-state index contributed by atoms with van der Waals surface area (Å²) in [6.07, 6.45) is -0.553. The zero-order chi connectivity index (χ0) is 14.9. The molecule has 1 aliphatic rings. The summed E-state index contributed by atoms with van der Waals surface area (Å²) in [5, 5.41) is 0. The first kappa shape index (κ1) is 14.1. The first-order valence-electron chi connectivity index (χ1n) is 6.33. The quantitative estimate of drug-likeness (QED) is 0.614. The molecule has 2 rings (SSSR count). The van der Waals surface area contributed by atoms with Crippen LogP contribution in [0.4, 0.5) is 0 Å². The van der Waals surface area contributed by atoms with E-state index in [1.165, 1.54) is 0 Å². The second-order valence-electron chi connectivity index (χ2n) is 4.66. The van der Waals surface area contributed by atoms with Crippen molar-refractivity contribution in [2.45, 2.75) is 20.3 Å². The third-order valence-electron chi connectivity index (χ3n) is 3.18. The lowest BCUT2D eigenvalue weighted by molar-refractivity contribution is -0.145. The fourth-order valence-electron chi connectivity index (χ4n) is 2.26. The lowest BCUT2D eigenvalue weighted by atomic mass is 9.96. The van der Waals surface area contributed by atoms with E-state index < -0.39 is 35.7 Å². The molecule has 0 aliphatic heterocycles. The fourth-order valence-corrected chi connectivity index (χ4v) is 2.26. The summed E-state index contributed by atoms with van der Waals surface area (Å²) in [5.41, 5.74) is 1.35. The van der Waals surface area contributed by atoms with Crippen molar-refractivity contribution in [2.24, 2.45) is 5.92 Å². The van der Waals surface area contributed by atoms with E-state index in [9.17, 15) is 19.2 Å². The lowest BCUT2D eigenvalue weighted by Crippen LogP contribution is -2.28. The second kappa shape index (κ2) is 5.36. The summed E-state index contributed by atoms with van der Waals surface area (Å²) in [6, 6.07) is 4.85. The Morgan fingerprint density at radius 3 is 2.45 bits per heavy atom. The van der Waals surface area contributed by atoms with Crippen LogP contribution in [0.25, 0.3) is 0 Å². The first-order chi connectivity index (χ1) is 9.45. The Morgan fingerprint density at radius 2 is 1.80 bits per heavy atom. The van der Waals surface area contributed by atoms with Crippen LogP contribution in [-0.2, 0) is 14.3 Å². The molecule has 0 N–H and O–H groups in total. The number of Topliss-reactive ketones (excluding diaryl/α,β-unsaturated/α-hetero) is 3. The standard InChI is InChI=1S/C15H14O5/c1-3-20-12(17)7-11(16)13-14(18)9-5-4-8(2)6-10(9)15(13)19/h4-6,13H,3,7H2,1-2H3. The maximum absolute atomic E-state index is 12.1. The van der Waals surface area contributed by atoms with Gasteiger partial charge >= 0.3 is 5.97 Å². The number of carbonyl (C=O) groups is 4. The summed E-state index contributed by atoms with van der Waals surface area (Å²) >= 11 is 0. The molecule has 0 saturated carbocycles. The van der Waals surface area contributed by atoms with Gasteiger partial charge in [-0.15, -0.1) is 0 Å². The number of aryl methyl sites for hydroxylation is 1. The Labute approximate surface area is 115 Å². The van der Waals surface area contributed by atoms with E-state index in [0.717, 1.165) is 5.56 Å². The van der Waals surface area contributed by atoms with E-state index in [0.29, 0.717) is 0 Å². The van der Waals surface area contributed by atoms with Gasteiger partial charge in [0.1, 0.15) is 12.3 Å². The molecule has 1 unspecified atom stereocenters. The molecule has 0 radical (unpaired) electrons. The highest BCUT2D eigenvalue weighted by Crippen LogP contribution is 2.29. The molecule has 0 bridgehead atoms. The lowest BCUT2D eigenvalue weighted by Gasteiger charge is -2.05. The van der Waals surface area contributed by atoms with Crippen molar-refractivity contribution < 1.29 is 23.9 Å². The van der Waals surface area contributed by atoms with Gasteiger partial charge in [0.25, 0.3) is 0 Å². The molecule has 1 atom stereocenters. The Kier molecular flexibility index (Phi) is 3.79. The number of ether oxygens (including phenoxy) is 1. The summed E-state index contributed by atoms with van der Waals surface area (Å²) in [5.74, 6) is -3.86. The van der Waals surface area contributed by atoms with Gasteiger partial charge in [0, 0.05) is 11.1 Å². The summed E-state index contributed by atoms with van der Waals surface area (Å²) < 4.78 is 4.66. The highest BCUT2D eigenvalue weighted by atomic mass is 16.5. The highest BCUT2D eigenvalue weighted by Gasteiger charge is 2.43. The van der Waals surface area contributed by atoms with Crippen LogP contribution < -0.4 is 0 Å². The molecule has 0 spiro atoms. The Hall–Kier alpha value is -2.30. The normalized spacial score (nSPS) is 17.0. The van der Waals surface area contributed by atoms with Gasteiger partial charge in [-0.25, -0.2) is 0 Å². The van der Waals surface area contributed by atoms with Gasteiger partial charge in [0.15, 0.2) is 17.3 Å². The predicted molar refractivity (Wildman–Crippen MR) is 69.6 cm³/mol. The van der Waals surface area contributed by atoms with E-state index in [-0.39, 0.29) is 17.7 Å². The third kappa shape index (κ3) is 2.39. The summed E-state index contributed by atoms with van der Waals surface area (Å²) in [7, 11) is 0. The van der Waals surface area contributed by atoms with Crippen LogP contribution in [0.3, 0.4) is 0 Å². The molecule has 1 aromatic rings. The molecule has 0 amide bonds. The van der Waals surface area contributed by atoms with Gasteiger partial charge in [-0.05, 0) is 19.9 Å². The third-order valence-corrected chi connectivity index (χ3v) is 3.18. The molecular formula is C15H14O5. The van der Waals surface area contributed by atoms with Crippen LogP contribution in [0.2, 0.25) is 0 Å². The van der Waals surface area contributed by atoms with Crippen LogP contribution in [0.1, 0.15) is 39.6 Å². The number of carbonyl (C=O) groups excluding carboxylic acids is 4. The molecule has 0 heterocycles. The Bertz CT molecular complexity index is 615. The van der Waals surface area contributed by atoms with Crippen molar-refractivity contribution >= 4 is 23.3 Å². The van der Waals surface area contributed by atoms with Crippen molar-refractivity contribution in [3.05, 3.63) is 34.9 Å². The Morgan fingerprint density at radius 1 is 1.15 bits per heavy atom. The van der Waals surface area contributed by atoms with Gasteiger partial charge in [-0.2, -0.15) is 0 Å². The molecule has 0 fully saturated rings. The number of fused-ring (bicyclic) bond motifs is 1. The van der Waals surface area contributed by atoms with Gasteiger partial charge in [-0.1, -0.05) is 17.7 Å². The van der Waals surface area contributed by atoms with Crippen LogP contribution in [-0.4, -0.2) is 29.9 Å². The van der Waals surface area contributed by atoms with Gasteiger partial charge in [0.05, 0.1) is 6.61 Å². The van der Waals surface area contributed by atoms with Crippen LogP contribution >= 0.6 is 0 Å². The topological polar surface area (TPSA) is 77.5 Å². The second-order valence-corrected chi connectivity index (χ2v) is 4.66.